The van der Waals surface area contributed by atoms with Gasteiger partial charge in [0.25, 0.3) is 0 Å². The monoisotopic (exact) mass is 394 g/mol. The van der Waals surface area contributed by atoms with Crippen molar-refractivity contribution in [3.05, 3.63) is 0 Å². The number of nitrogens with zero attached hydrogens (tertiary/aromatic N) is 4. The zero-order chi connectivity index (χ0) is 20.5. The number of amides is 2. The van der Waals surface area contributed by atoms with E-state index in [0.29, 0.717) is 32.1 Å². The standard InChI is InChI=1S/C21H38N4O3/c1-20(2,3)14-18(26)24-10-7-21(8-11-24)16-25(19(27)28-21)13-12-23-9-6-17(15-23)22(4)5/h17H,6-16H2,1-5H3. The normalized spacial score (nSPS) is 25.8. The molecule has 7 heteroatoms. The molecule has 3 aliphatic rings. The van der Waals surface area contributed by atoms with Gasteiger partial charge in [-0.15, -0.1) is 0 Å². The summed E-state index contributed by atoms with van der Waals surface area (Å²) in [7, 11) is 4.27. The molecule has 0 aromatic rings. The van der Waals surface area contributed by atoms with Crippen LogP contribution in [0.3, 0.4) is 0 Å². The Morgan fingerprint density at radius 3 is 2.43 bits per heavy atom. The van der Waals surface area contributed by atoms with Crippen LogP contribution in [0.5, 0.6) is 0 Å². The molecule has 0 bridgehead atoms. The Morgan fingerprint density at radius 2 is 1.86 bits per heavy atom. The molecule has 3 rings (SSSR count). The highest BCUT2D eigenvalue weighted by Gasteiger charge is 2.47. The summed E-state index contributed by atoms with van der Waals surface area (Å²) in [6.45, 7) is 12.1. The highest BCUT2D eigenvalue weighted by molar-refractivity contribution is 5.77. The first kappa shape index (κ1) is 21.4. The zero-order valence-electron chi connectivity index (χ0n) is 18.4. The van der Waals surface area contributed by atoms with Gasteiger partial charge in [0.2, 0.25) is 5.91 Å². The van der Waals surface area contributed by atoms with Crippen LogP contribution in [0.1, 0.15) is 46.5 Å². The highest BCUT2D eigenvalue weighted by atomic mass is 16.6. The van der Waals surface area contributed by atoms with E-state index in [2.05, 4.69) is 44.7 Å². The number of carbonyl (C=O) groups is 2. The first-order chi connectivity index (χ1) is 13.1. The molecule has 0 saturated carbocycles. The molecule has 3 fully saturated rings. The summed E-state index contributed by atoms with van der Waals surface area (Å²) in [6.07, 6.45) is 3.07. The molecule has 0 N–H and O–H groups in total. The fraction of sp³-hybridized carbons (Fsp3) is 0.905. The zero-order valence-corrected chi connectivity index (χ0v) is 18.4. The van der Waals surface area contributed by atoms with Crippen LogP contribution in [-0.4, -0.2) is 103 Å². The molecular formula is C21H38N4O3. The van der Waals surface area contributed by atoms with Gasteiger partial charge in [-0.25, -0.2) is 4.79 Å². The summed E-state index contributed by atoms with van der Waals surface area (Å²) in [6, 6.07) is 0.617. The molecule has 3 saturated heterocycles. The fourth-order valence-electron chi connectivity index (χ4n) is 4.55. The van der Waals surface area contributed by atoms with E-state index in [4.69, 9.17) is 4.74 Å². The predicted molar refractivity (Wildman–Crippen MR) is 109 cm³/mol. The van der Waals surface area contributed by atoms with Gasteiger partial charge in [0.15, 0.2) is 0 Å². The second kappa shape index (κ2) is 8.19. The smallest absolute Gasteiger partial charge is 0.410 e. The Hall–Kier alpha value is -1.34. The number of hydrogen-bond acceptors (Lipinski definition) is 5. The molecular weight excluding hydrogens is 356 g/mol. The minimum atomic E-state index is -0.396. The van der Waals surface area contributed by atoms with Gasteiger partial charge in [0, 0.05) is 58.0 Å². The number of likely N-dealkylation sites (N-methyl/N-ethyl adjacent to an activating group) is 1. The summed E-state index contributed by atoms with van der Waals surface area (Å²) in [5.74, 6) is 0.216. The van der Waals surface area contributed by atoms with E-state index in [9.17, 15) is 9.59 Å². The van der Waals surface area contributed by atoms with Gasteiger partial charge in [-0.2, -0.15) is 0 Å². The van der Waals surface area contributed by atoms with Crippen molar-refractivity contribution >= 4 is 12.0 Å². The maximum atomic E-state index is 12.5. The summed E-state index contributed by atoms with van der Waals surface area (Å²) in [5, 5.41) is 0. The molecule has 0 radical (unpaired) electrons. The number of hydrogen-bond donors (Lipinski definition) is 0. The van der Waals surface area contributed by atoms with Crippen molar-refractivity contribution < 1.29 is 14.3 Å². The molecule has 1 spiro atoms. The van der Waals surface area contributed by atoms with Gasteiger partial charge < -0.3 is 19.4 Å². The second-order valence-corrected chi connectivity index (χ2v) is 10.3. The largest absolute Gasteiger partial charge is 0.441 e. The van der Waals surface area contributed by atoms with Gasteiger partial charge in [-0.3, -0.25) is 9.69 Å². The minimum Gasteiger partial charge on any atom is -0.441 e. The van der Waals surface area contributed by atoms with E-state index in [1.165, 1.54) is 6.42 Å². The number of piperidine rings is 1. The van der Waals surface area contributed by atoms with E-state index >= 15 is 0 Å². The molecule has 1 atom stereocenters. The summed E-state index contributed by atoms with van der Waals surface area (Å²) >= 11 is 0. The van der Waals surface area contributed by atoms with Crippen molar-refractivity contribution in [2.75, 3.05) is 59.9 Å². The van der Waals surface area contributed by atoms with E-state index in [-0.39, 0.29) is 17.4 Å². The van der Waals surface area contributed by atoms with Crippen LogP contribution in [0.25, 0.3) is 0 Å². The second-order valence-electron chi connectivity index (χ2n) is 10.3. The molecule has 3 heterocycles. The van der Waals surface area contributed by atoms with Gasteiger partial charge in [-0.05, 0) is 32.5 Å². The molecule has 2 amide bonds. The Labute approximate surface area is 169 Å². The molecule has 0 aliphatic carbocycles. The Bertz CT molecular complexity index is 579. The van der Waals surface area contributed by atoms with Crippen LogP contribution in [0, 0.1) is 5.41 Å². The molecule has 0 aromatic carbocycles. The van der Waals surface area contributed by atoms with Crippen LogP contribution >= 0.6 is 0 Å². The van der Waals surface area contributed by atoms with Gasteiger partial charge in [0.05, 0.1) is 6.54 Å². The Morgan fingerprint density at radius 1 is 1.18 bits per heavy atom. The van der Waals surface area contributed by atoms with Crippen molar-refractivity contribution in [1.82, 2.24) is 19.6 Å². The van der Waals surface area contributed by atoms with E-state index in [1.54, 1.807) is 0 Å². The maximum Gasteiger partial charge on any atom is 0.410 e. The van der Waals surface area contributed by atoms with Crippen LogP contribution < -0.4 is 0 Å². The average molecular weight is 395 g/mol. The van der Waals surface area contributed by atoms with Crippen molar-refractivity contribution in [2.45, 2.75) is 58.1 Å². The van der Waals surface area contributed by atoms with Crippen molar-refractivity contribution in [2.24, 2.45) is 5.41 Å². The van der Waals surface area contributed by atoms with Crippen molar-refractivity contribution in [1.29, 1.82) is 0 Å². The molecule has 28 heavy (non-hydrogen) atoms. The molecule has 160 valence electrons. The number of likely N-dealkylation sites (tertiary alicyclic amines) is 2. The van der Waals surface area contributed by atoms with Gasteiger partial charge in [-0.1, -0.05) is 20.8 Å². The van der Waals surface area contributed by atoms with Crippen LogP contribution in [0.2, 0.25) is 0 Å². The summed E-state index contributed by atoms with van der Waals surface area (Å²) < 4.78 is 5.83. The molecule has 7 nitrogen and oxygen atoms in total. The average Bonchev–Trinajstić information content (AvgIpc) is 3.17. The Kier molecular flexibility index (Phi) is 6.25. The lowest BCUT2D eigenvalue weighted by Gasteiger charge is -2.38. The number of rotatable bonds is 5. The fourth-order valence-corrected chi connectivity index (χ4v) is 4.55. The highest BCUT2D eigenvalue weighted by Crippen LogP contribution is 2.34. The van der Waals surface area contributed by atoms with E-state index in [1.807, 2.05) is 9.80 Å². The molecule has 3 aliphatic heterocycles. The topological polar surface area (TPSA) is 56.3 Å². The van der Waals surface area contributed by atoms with Crippen LogP contribution in [-0.2, 0) is 9.53 Å². The van der Waals surface area contributed by atoms with Gasteiger partial charge in [0.1, 0.15) is 5.60 Å². The summed E-state index contributed by atoms with van der Waals surface area (Å²) in [4.78, 5) is 33.4. The third-order valence-corrected chi connectivity index (χ3v) is 6.41. The molecule has 0 aromatic heterocycles. The lowest BCUT2D eigenvalue weighted by atomic mass is 9.88. The number of ether oxygens (including phenoxy) is 1. The van der Waals surface area contributed by atoms with Crippen LogP contribution in [0.4, 0.5) is 4.79 Å². The lowest BCUT2D eigenvalue weighted by molar-refractivity contribution is -0.136. The quantitative estimate of drug-likeness (QED) is 0.713. The SMILES string of the molecule is CN(C)C1CCN(CCN2CC3(CCN(C(=O)CC(C)(C)C)CC3)OC2=O)C1. The van der Waals surface area contributed by atoms with E-state index in [0.717, 1.165) is 39.0 Å². The predicted octanol–water partition coefficient (Wildman–Crippen LogP) is 1.87. The van der Waals surface area contributed by atoms with E-state index < -0.39 is 5.60 Å². The lowest BCUT2D eigenvalue weighted by Crippen LogP contribution is -2.49. The minimum absolute atomic E-state index is 0.00397. The van der Waals surface area contributed by atoms with Gasteiger partial charge >= 0.3 is 6.09 Å². The third-order valence-electron chi connectivity index (χ3n) is 6.41. The van der Waals surface area contributed by atoms with Crippen molar-refractivity contribution in [3.8, 4) is 0 Å². The summed E-state index contributed by atoms with van der Waals surface area (Å²) in [5.41, 5.74) is -0.392. The first-order valence-electron chi connectivity index (χ1n) is 10.7. The van der Waals surface area contributed by atoms with Crippen LogP contribution in [0.15, 0.2) is 0 Å². The molecule has 1 unspecified atom stereocenters. The maximum absolute atomic E-state index is 12.5. The van der Waals surface area contributed by atoms with Crippen molar-refractivity contribution in [3.63, 3.8) is 0 Å². The first-order valence-corrected chi connectivity index (χ1v) is 10.7. The Balaban J connectivity index is 1.45. The number of carbonyl (C=O) groups excluding carboxylic acids is 2. The third kappa shape index (κ3) is 5.17.